The van der Waals surface area contributed by atoms with Gasteiger partial charge in [0.15, 0.2) is 5.11 Å². The summed E-state index contributed by atoms with van der Waals surface area (Å²) in [6, 6.07) is 11.6. The van der Waals surface area contributed by atoms with Gasteiger partial charge in [-0.25, -0.2) is 8.42 Å². The van der Waals surface area contributed by atoms with Crippen LogP contribution in [0.15, 0.2) is 51.8 Å². The van der Waals surface area contributed by atoms with Crippen molar-refractivity contribution in [3.63, 3.8) is 0 Å². The highest BCUT2D eigenvalue weighted by Crippen LogP contribution is 2.24. The highest BCUT2D eigenvalue weighted by Gasteiger charge is 2.23. The topological polar surface area (TPSA) is 87.7 Å². The van der Waals surface area contributed by atoms with Crippen LogP contribution < -0.4 is 15.4 Å². The lowest BCUT2D eigenvalue weighted by atomic mass is 10.2. The summed E-state index contributed by atoms with van der Waals surface area (Å²) in [5.41, 5.74) is 0.929. The van der Waals surface area contributed by atoms with Crippen molar-refractivity contribution in [1.29, 1.82) is 0 Å². The minimum Gasteiger partial charge on any atom is -0.493 e. The van der Waals surface area contributed by atoms with Crippen LogP contribution in [0, 0.1) is 0 Å². The van der Waals surface area contributed by atoms with Crippen LogP contribution in [-0.4, -0.2) is 43.4 Å². The van der Waals surface area contributed by atoms with Crippen molar-refractivity contribution in [1.82, 2.24) is 9.62 Å². The van der Waals surface area contributed by atoms with E-state index in [1.807, 2.05) is 19.9 Å². The second-order valence-corrected chi connectivity index (χ2v) is 10.9. The van der Waals surface area contributed by atoms with Gasteiger partial charge < -0.3 is 10.1 Å². The Balaban J connectivity index is 2.07. The van der Waals surface area contributed by atoms with E-state index in [2.05, 4.69) is 33.5 Å². The number of sulfonamides is 1. The van der Waals surface area contributed by atoms with Crippen LogP contribution in [0.3, 0.4) is 0 Å². The van der Waals surface area contributed by atoms with Gasteiger partial charge >= 0.3 is 0 Å². The summed E-state index contributed by atoms with van der Waals surface area (Å²) in [6.45, 7) is 7.45. The zero-order valence-electron chi connectivity index (χ0n) is 19.8. The second-order valence-electron chi connectivity index (χ2n) is 7.68. The first kappa shape index (κ1) is 28.2. The van der Waals surface area contributed by atoms with Crippen molar-refractivity contribution >= 4 is 54.9 Å². The summed E-state index contributed by atoms with van der Waals surface area (Å²) < 4.78 is 33.8. The molecule has 2 N–H and O–H groups in total. The van der Waals surface area contributed by atoms with Crippen LogP contribution in [0.1, 0.15) is 56.8 Å². The number of nitrogens with zero attached hydrogens (tertiary/aromatic N) is 1. The SMILES string of the molecule is CCCCOc1ccc(Br)cc1C(=O)NC(=S)Nc1ccc(S(=O)(=O)N(CCC)CCC)cc1. The molecular weight excluding hydrogens is 538 g/mol. The quantitative estimate of drug-likeness (QED) is 0.257. The Morgan fingerprint density at radius 1 is 1.03 bits per heavy atom. The van der Waals surface area contributed by atoms with Gasteiger partial charge in [-0.2, -0.15) is 4.31 Å². The van der Waals surface area contributed by atoms with Crippen molar-refractivity contribution in [2.24, 2.45) is 0 Å². The maximum absolute atomic E-state index is 12.9. The van der Waals surface area contributed by atoms with Crippen molar-refractivity contribution in [2.75, 3.05) is 25.0 Å². The highest BCUT2D eigenvalue weighted by molar-refractivity contribution is 9.10. The summed E-state index contributed by atoms with van der Waals surface area (Å²) in [4.78, 5) is 13.0. The van der Waals surface area contributed by atoms with Crippen LogP contribution in [0.25, 0.3) is 0 Å². The molecule has 0 saturated heterocycles. The van der Waals surface area contributed by atoms with Gasteiger partial charge in [-0.05, 0) is 73.9 Å². The number of carbonyl (C=O) groups is 1. The van der Waals surface area contributed by atoms with Gasteiger partial charge in [-0.3, -0.25) is 10.1 Å². The maximum atomic E-state index is 12.9. The number of rotatable bonds is 12. The summed E-state index contributed by atoms with van der Waals surface area (Å²) in [5.74, 6) is 0.0782. The van der Waals surface area contributed by atoms with Gasteiger partial charge in [0.2, 0.25) is 10.0 Å². The summed E-state index contributed by atoms with van der Waals surface area (Å²) in [5, 5.41) is 5.68. The fourth-order valence-electron chi connectivity index (χ4n) is 3.18. The number of halogens is 1. The van der Waals surface area contributed by atoms with Crippen LogP contribution in [-0.2, 0) is 10.0 Å². The Bertz CT molecular complexity index is 1070. The molecule has 34 heavy (non-hydrogen) atoms. The molecule has 0 spiro atoms. The number of thiocarbonyl (C=S) groups is 1. The zero-order chi connectivity index (χ0) is 25.1. The minimum atomic E-state index is -3.56. The Labute approximate surface area is 216 Å². The number of benzene rings is 2. The minimum absolute atomic E-state index is 0.0960. The standard InChI is InChI=1S/C24H32BrN3O4S2/c1-4-7-16-32-22-13-8-18(25)17-21(22)23(29)27-24(33)26-19-9-11-20(12-10-19)34(30,31)28(14-5-2)15-6-3/h8-13,17H,4-7,14-16H2,1-3H3,(H2,26,27,29,33). The monoisotopic (exact) mass is 569 g/mol. The van der Waals surface area contributed by atoms with Gasteiger partial charge in [-0.1, -0.05) is 43.1 Å². The normalized spacial score (nSPS) is 11.3. The van der Waals surface area contributed by atoms with Gasteiger partial charge in [0.25, 0.3) is 5.91 Å². The molecule has 0 heterocycles. The summed E-state index contributed by atoms with van der Waals surface area (Å²) >= 11 is 8.67. The average Bonchev–Trinajstić information content (AvgIpc) is 2.80. The molecular formula is C24H32BrN3O4S2. The van der Waals surface area contributed by atoms with Crippen LogP contribution in [0.4, 0.5) is 5.69 Å². The Kier molecular flexibility index (Phi) is 11.4. The molecule has 7 nitrogen and oxygen atoms in total. The molecule has 0 aliphatic rings. The predicted octanol–water partition coefficient (Wildman–Crippen LogP) is 5.57. The third-order valence-corrected chi connectivity index (χ3v) is 7.47. The van der Waals surface area contributed by atoms with Crippen molar-refractivity contribution < 1.29 is 17.9 Å². The molecule has 0 bridgehead atoms. The van der Waals surface area contributed by atoms with E-state index in [0.717, 1.165) is 30.2 Å². The van der Waals surface area contributed by atoms with Crippen LogP contribution >= 0.6 is 28.1 Å². The van der Waals surface area contributed by atoms with E-state index in [4.69, 9.17) is 17.0 Å². The first-order valence-electron chi connectivity index (χ1n) is 11.4. The van der Waals surface area contributed by atoms with Gasteiger partial charge in [-0.15, -0.1) is 0 Å². The van der Waals surface area contributed by atoms with E-state index in [1.165, 1.54) is 16.4 Å². The van der Waals surface area contributed by atoms with E-state index >= 15 is 0 Å². The molecule has 0 unspecified atom stereocenters. The number of hydrogen-bond acceptors (Lipinski definition) is 5. The first-order valence-corrected chi connectivity index (χ1v) is 14.0. The summed E-state index contributed by atoms with van der Waals surface area (Å²) in [6.07, 6.45) is 3.37. The molecule has 10 heteroatoms. The van der Waals surface area contributed by atoms with Gasteiger partial charge in [0.1, 0.15) is 5.75 Å². The van der Waals surface area contributed by atoms with Crippen molar-refractivity contribution in [3.8, 4) is 5.75 Å². The molecule has 0 fully saturated rings. The number of unbranched alkanes of at least 4 members (excludes halogenated alkanes) is 1. The van der Waals surface area contributed by atoms with E-state index in [9.17, 15) is 13.2 Å². The molecule has 0 saturated carbocycles. The fourth-order valence-corrected chi connectivity index (χ4v) is 5.37. The van der Waals surface area contributed by atoms with Crippen molar-refractivity contribution in [2.45, 2.75) is 51.3 Å². The molecule has 0 aliphatic carbocycles. The Morgan fingerprint density at radius 2 is 1.68 bits per heavy atom. The van der Waals surface area contributed by atoms with E-state index in [-0.39, 0.29) is 10.0 Å². The predicted molar refractivity (Wildman–Crippen MR) is 144 cm³/mol. The fraction of sp³-hybridized carbons (Fsp3) is 0.417. The Morgan fingerprint density at radius 3 is 2.26 bits per heavy atom. The largest absolute Gasteiger partial charge is 0.493 e. The lowest BCUT2D eigenvalue weighted by Gasteiger charge is -2.21. The molecule has 2 aromatic rings. The highest BCUT2D eigenvalue weighted by atomic mass is 79.9. The molecule has 0 aromatic heterocycles. The number of hydrogen-bond donors (Lipinski definition) is 2. The molecule has 0 aliphatic heterocycles. The zero-order valence-corrected chi connectivity index (χ0v) is 23.0. The average molecular weight is 571 g/mol. The van der Waals surface area contributed by atoms with Crippen LogP contribution in [0.5, 0.6) is 5.75 Å². The number of nitrogens with one attached hydrogen (secondary N) is 2. The first-order chi connectivity index (χ1) is 16.2. The van der Waals surface area contributed by atoms with E-state index < -0.39 is 15.9 Å². The third kappa shape index (κ3) is 8.04. The number of ether oxygens (including phenoxy) is 1. The number of anilines is 1. The molecule has 0 atom stereocenters. The van der Waals surface area contributed by atoms with E-state index in [1.54, 1.807) is 24.3 Å². The van der Waals surface area contributed by atoms with E-state index in [0.29, 0.717) is 36.7 Å². The molecule has 2 rings (SSSR count). The molecule has 1 amide bonds. The number of amides is 1. The number of carbonyl (C=O) groups excluding carboxylic acids is 1. The molecule has 0 radical (unpaired) electrons. The van der Waals surface area contributed by atoms with Gasteiger partial charge in [0.05, 0.1) is 17.1 Å². The maximum Gasteiger partial charge on any atom is 0.261 e. The third-order valence-electron chi connectivity index (χ3n) is 4.86. The summed E-state index contributed by atoms with van der Waals surface area (Å²) in [7, 11) is -3.56. The molecule has 2 aromatic carbocycles. The smallest absolute Gasteiger partial charge is 0.261 e. The lowest BCUT2D eigenvalue weighted by molar-refractivity contribution is 0.0973. The molecule has 186 valence electrons. The lowest BCUT2D eigenvalue weighted by Crippen LogP contribution is -2.34. The second kappa shape index (κ2) is 13.8. The van der Waals surface area contributed by atoms with Crippen molar-refractivity contribution in [3.05, 3.63) is 52.5 Å². The van der Waals surface area contributed by atoms with Crippen LogP contribution in [0.2, 0.25) is 0 Å². The van der Waals surface area contributed by atoms with Gasteiger partial charge in [0, 0.05) is 23.2 Å². The Hall–Kier alpha value is -2.01.